The van der Waals surface area contributed by atoms with Gasteiger partial charge in [0.2, 0.25) is 0 Å². The Kier molecular flexibility index (Phi) is 4.42. The van der Waals surface area contributed by atoms with E-state index in [9.17, 15) is 0 Å². The summed E-state index contributed by atoms with van der Waals surface area (Å²) in [6.07, 6.45) is 7.55. The molecule has 0 atom stereocenters. The molecular weight excluding hydrogens is 324 g/mol. The van der Waals surface area contributed by atoms with Crippen LogP contribution in [0, 0.1) is 6.92 Å². The summed E-state index contributed by atoms with van der Waals surface area (Å²) in [5.41, 5.74) is 3.93. The van der Waals surface area contributed by atoms with Crippen molar-refractivity contribution in [2.45, 2.75) is 19.0 Å². The number of aromatic nitrogens is 4. The van der Waals surface area contributed by atoms with Gasteiger partial charge in [0.25, 0.3) is 0 Å². The van der Waals surface area contributed by atoms with Crippen molar-refractivity contribution in [1.29, 1.82) is 0 Å². The van der Waals surface area contributed by atoms with Crippen molar-refractivity contribution in [3.05, 3.63) is 34.1 Å². The first-order valence-electron chi connectivity index (χ1n) is 5.76. The molecule has 0 unspecified atom stereocenters. The lowest BCUT2D eigenvalue weighted by atomic mass is 10.2. The molecule has 0 radical (unpaired) electrons. The SMILES string of the molecule is CSc1nc(Br)c(/C(C)=C\c2cncc(C)n2)n1C. The van der Waals surface area contributed by atoms with Crippen LogP contribution in [0.15, 0.2) is 22.2 Å². The Balaban J connectivity index is 2.44. The zero-order valence-corrected chi connectivity index (χ0v) is 13.7. The van der Waals surface area contributed by atoms with Gasteiger partial charge >= 0.3 is 0 Å². The van der Waals surface area contributed by atoms with Crippen molar-refractivity contribution in [3.8, 4) is 0 Å². The summed E-state index contributed by atoms with van der Waals surface area (Å²) in [5, 5.41) is 0.977. The van der Waals surface area contributed by atoms with E-state index in [4.69, 9.17) is 0 Å². The minimum atomic E-state index is 0.855. The normalized spacial score (nSPS) is 11.9. The molecule has 2 rings (SSSR count). The lowest BCUT2D eigenvalue weighted by Gasteiger charge is -2.05. The summed E-state index contributed by atoms with van der Waals surface area (Å²) in [4.78, 5) is 13.1. The molecule has 2 aromatic heterocycles. The number of halogens is 1. The molecule has 0 amide bonds. The third-order valence-electron chi connectivity index (χ3n) is 2.71. The molecule has 6 heteroatoms. The Morgan fingerprint density at radius 1 is 1.37 bits per heavy atom. The second-order valence-electron chi connectivity index (χ2n) is 4.21. The van der Waals surface area contributed by atoms with Crippen molar-refractivity contribution >= 4 is 39.3 Å². The molecule has 4 nitrogen and oxygen atoms in total. The van der Waals surface area contributed by atoms with Crippen LogP contribution in [-0.4, -0.2) is 25.8 Å². The summed E-state index contributed by atoms with van der Waals surface area (Å²) in [6, 6.07) is 0. The van der Waals surface area contributed by atoms with Gasteiger partial charge in [-0.3, -0.25) is 9.97 Å². The van der Waals surface area contributed by atoms with Crippen LogP contribution in [-0.2, 0) is 7.05 Å². The Labute approximate surface area is 125 Å². The Morgan fingerprint density at radius 3 is 2.68 bits per heavy atom. The number of hydrogen-bond acceptors (Lipinski definition) is 4. The molecule has 0 bridgehead atoms. The molecule has 0 fully saturated rings. The van der Waals surface area contributed by atoms with Gasteiger partial charge < -0.3 is 4.57 Å². The number of aryl methyl sites for hydroxylation is 1. The van der Waals surface area contributed by atoms with E-state index in [1.165, 1.54) is 0 Å². The molecule has 0 aliphatic heterocycles. The van der Waals surface area contributed by atoms with Gasteiger partial charge in [0.05, 0.1) is 23.3 Å². The van der Waals surface area contributed by atoms with Crippen molar-refractivity contribution in [2.75, 3.05) is 6.26 Å². The van der Waals surface area contributed by atoms with Crippen LogP contribution in [0.3, 0.4) is 0 Å². The van der Waals surface area contributed by atoms with Gasteiger partial charge in [-0.25, -0.2) is 4.98 Å². The molecule has 0 aliphatic rings. The predicted molar refractivity (Wildman–Crippen MR) is 83.0 cm³/mol. The van der Waals surface area contributed by atoms with E-state index in [0.29, 0.717) is 0 Å². The standard InChI is InChI=1S/C13H15BrN4S/c1-8(5-10-7-15-6-9(2)16-10)11-12(14)17-13(19-4)18(11)3/h5-7H,1-4H3/b8-5-. The van der Waals surface area contributed by atoms with Crippen LogP contribution in [0.4, 0.5) is 0 Å². The van der Waals surface area contributed by atoms with Crippen molar-refractivity contribution in [1.82, 2.24) is 19.5 Å². The molecule has 0 aromatic carbocycles. The molecule has 19 heavy (non-hydrogen) atoms. The molecule has 2 aromatic rings. The van der Waals surface area contributed by atoms with Crippen LogP contribution >= 0.6 is 27.7 Å². The van der Waals surface area contributed by atoms with E-state index in [1.54, 1.807) is 24.2 Å². The van der Waals surface area contributed by atoms with E-state index >= 15 is 0 Å². The number of hydrogen-bond donors (Lipinski definition) is 0. The zero-order valence-electron chi connectivity index (χ0n) is 11.3. The Hall–Kier alpha value is -1.14. The summed E-state index contributed by atoms with van der Waals surface area (Å²) < 4.78 is 2.93. The number of allylic oxidation sites excluding steroid dienone is 1. The lowest BCUT2D eigenvalue weighted by molar-refractivity contribution is 0.781. The van der Waals surface area contributed by atoms with Gasteiger partial charge in [0, 0.05) is 13.2 Å². The van der Waals surface area contributed by atoms with E-state index < -0.39 is 0 Å². The van der Waals surface area contributed by atoms with E-state index in [2.05, 4.69) is 42.4 Å². The third kappa shape index (κ3) is 3.06. The van der Waals surface area contributed by atoms with E-state index in [-0.39, 0.29) is 0 Å². The number of imidazole rings is 1. The van der Waals surface area contributed by atoms with E-state index in [1.807, 2.05) is 26.3 Å². The minimum Gasteiger partial charge on any atom is -0.321 e. The van der Waals surface area contributed by atoms with Gasteiger partial charge in [-0.05, 0) is 47.7 Å². The second kappa shape index (κ2) is 5.88. The third-order valence-corrected chi connectivity index (χ3v) is 3.99. The summed E-state index contributed by atoms with van der Waals surface area (Å²) >= 11 is 5.14. The highest BCUT2D eigenvalue weighted by atomic mass is 79.9. The largest absolute Gasteiger partial charge is 0.321 e. The average molecular weight is 339 g/mol. The molecule has 0 N–H and O–H groups in total. The second-order valence-corrected chi connectivity index (χ2v) is 5.73. The van der Waals surface area contributed by atoms with Gasteiger partial charge in [-0.2, -0.15) is 0 Å². The fourth-order valence-electron chi connectivity index (χ4n) is 1.90. The lowest BCUT2D eigenvalue weighted by Crippen LogP contribution is -1.96. The number of rotatable bonds is 3. The van der Waals surface area contributed by atoms with Crippen LogP contribution < -0.4 is 0 Å². The topological polar surface area (TPSA) is 43.6 Å². The smallest absolute Gasteiger partial charge is 0.169 e. The fraction of sp³-hybridized carbons (Fsp3) is 0.308. The highest BCUT2D eigenvalue weighted by Crippen LogP contribution is 2.28. The molecule has 100 valence electrons. The highest BCUT2D eigenvalue weighted by molar-refractivity contribution is 9.10. The highest BCUT2D eigenvalue weighted by Gasteiger charge is 2.13. The van der Waals surface area contributed by atoms with Crippen LogP contribution in [0.1, 0.15) is 24.0 Å². The molecular formula is C13H15BrN4S. The first kappa shape index (κ1) is 14.3. The molecule has 0 saturated heterocycles. The quantitative estimate of drug-likeness (QED) is 0.802. The van der Waals surface area contributed by atoms with Crippen molar-refractivity contribution in [3.63, 3.8) is 0 Å². The summed E-state index contributed by atoms with van der Waals surface area (Å²) in [7, 11) is 2.01. The number of thioether (sulfide) groups is 1. The van der Waals surface area contributed by atoms with Crippen LogP contribution in [0.25, 0.3) is 11.6 Å². The van der Waals surface area contributed by atoms with Crippen molar-refractivity contribution in [2.24, 2.45) is 7.05 Å². The minimum absolute atomic E-state index is 0.855. The molecule has 0 aliphatic carbocycles. The van der Waals surface area contributed by atoms with Crippen LogP contribution in [0.5, 0.6) is 0 Å². The Morgan fingerprint density at radius 2 is 2.11 bits per heavy atom. The summed E-state index contributed by atoms with van der Waals surface area (Å²) in [6.45, 7) is 3.99. The first-order chi connectivity index (χ1) is 9.02. The van der Waals surface area contributed by atoms with Gasteiger partial charge in [-0.1, -0.05) is 11.8 Å². The maximum absolute atomic E-state index is 4.47. The van der Waals surface area contributed by atoms with Gasteiger partial charge in [0.15, 0.2) is 5.16 Å². The first-order valence-corrected chi connectivity index (χ1v) is 7.78. The van der Waals surface area contributed by atoms with Gasteiger partial charge in [0.1, 0.15) is 4.60 Å². The predicted octanol–water partition coefficient (Wildman–Crippen LogP) is 3.56. The maximum Gasteiger partial charge on any atom is 0.169 e. The van der Waals surface area contributed by atoms with Gasteiger partial charge in [-0.15, -0.1) is 0 Å². The van der Waals surface area contributed by atoms with E-state index in [0.717, 1.165) is 32.4 Å². The zero-order chi connectivity index (χ0) is 14.0. The average Bonchev–Trinajstić information content (AvgIpc) is 2.64. The maximum atomic E-state index is 4.47. The Bertz CT molecular complexity index is 634. The molecule has 2 heterocycles. The summed E-state index contributed by atoms with van der Waals surface area (Å²) in [5.74, 6) is 0. The number of nitrogens with zero attached hydrogens (tertiary/aromatic N) is 4. The fourth-order valence-corrected chi connectivity index (χ4v) is 3.31. The monoisotopic (exact) mass is 338 g/mol. The van der Waals surface area contributed by atoms with Crippen molar-refractivity contribution < 1.29 is 0 Å². The van der Waals surface area contributed by atoms with Crippen LogP contribution in [0.2, 0.25) is 0 Å². The molecule has 0 spiro atoms. The molecule has 0 saturated carbocycles.